The van der Waals surface area contributed by atoms with Gasteiger partial charge in [-0.1, -0.05) is 25.7 Å². The number of aryl methyl sites for hydroxylation is 2. The number of aromatic nitrogens is 2. The maximum atomic E-state index is 15.9. The van der Waals surface area contributed by atoms with Gasteiger partial charge in [-0.15, -0.1) is 0 Å². The van der Waals surface area contributed by atoms with E-state index in [-0.39, 0.29) is 41.5 Å². The maximum absolute atomic E-state index is 15.9. The molecule has 0 aliphatic carbocycles. The lowest BCUT2D eigenvalue weighted by Crippen LogP contribution is -2.41. The van der Waals surface area contributed by atoms with Crippen molar-refractivity contribution >= 4 is 11.9 Å². The summed E-state index contributed by atoms with van der Waals surface area (Å²) >= 11 is 0. The number of nitrogens with zero attached hydrogens (tertiary/aromatic N) is 3. The number of amides is 1. The highest BCUT2D eigenvalue weighted by Gasteiger charge is 2.38. The summed E-state index contributed by atoms with van der Waals surface area (Å²) < 4.78 is 102. The first-order valence-corrected chi connectivity index (χ1v) is 16.2. The number of aliphatic carboxylic acids is 1. The van der Waals surface area contributed by atoms with Crippen LogP contribution in [0.15, 0.2) is 35.3 Å². The number of hydrogen-bond donors (Lipinski definition) is 2. The number of carbonyl (C=O) groups excluding carboxylic acids is 1. The minimum Gasteiger partial charge on any atom is -0.481 e. The highest BCUT2D eigenvalue weighted by atomic mass is 19.4. The summed E-state index contributed by atoms with van der Waals surface area (Å²) in [6.07, 6.45) is -5.29. The number of nitrogens with one attached hydrogen (secondary N) is 1. The molecule has 3 aromatic rings. The Morgan fingerprint density at radius 3 is 2.38 bits per heavy atom. The Balaban J connectivity index is 1.93. The van der Waals surface area contributed by atoms with Crippen molar-refractivity contribution in [2.45, 2.75) is 89.4 Å². The Bertz CT molecular complexity index is 1780. The highest BCUT2D eigenvalue weighted by Crippen LogP contribution is 2.40. The molecule has 0 radical (unpaired) electrons. The number of fused-ring (bicyclic) bond motifs is 4. The third-order valence-corrected chi connectivity index (χ3v) is 8.81. The van der Waals surface area contributed by atoms with Crippen LogP contribution < -0.4 is 11.0 Å². The summed E-state index contributed by atoms with van der Waals surface area (Å²) in [5.74, 6) is -5.03. The fraction of sp³-hybridized carbons (Fsp3) is 0.486. The van der Waals surface area contributed by atoms with Crippen LogP contribution in [0.1, 0.15) is 97.0 Å². The summed E-state index contributed by atoms with van der Waals surface area (Å²) in [7, 11) is 3.42. The molecule has 1 aliphatic heterocycles. The second kappa shape index (κ2) is 16.2. The molecule has 1 aromatic heterocycles. The Morgan fingerprint density at radius 2 is 1.74 bits per heavy atom. The fourth-order valence-corrected chi connectivity index (χ4v) is 6.41. The van der Waals surface area contributed by atoms with Crippen molar-refractivity contribution in [1.29, 1.82) is 0 Å². The number of hydrogen-bond acceptors (Lipinski definition) is 5. The van der Waals surface area contributed by atoms with Gasteiger partial charge in [-0.05, 0) is 98.8 Å². The molecule has 8 nitrogen and oxygen atoms in total. The Labute approximate surface area is 284 Å². The molecule has 2 heterocycles. The topological polar surface area (TPSA) is 105 Å². The molecule has 272 valence electrons. The SMILES string of the molecule is Cc1cc(F)cc2c1-c1cc(c(F)c(C(F)(F)F)c1)[C@H](CC(=O)O)NC(=O)[C@@H](n1cc(CCN(C)C)c(C(F)F)nc1=O)CCCCCCC2. The predicted octanol–water partition coefficient (Wildman–Crippen LogP) is 7.33. The largest absolute Gasteiger partial charge is 0.481 e. The Hall–Kier alpha value is -4.27. The van der Waals surface area contributed by atoms with Gasteiger partial charge < -0.3 is 15.3 Å². The van der Waals surface area contributed by atoms with E-state index in [1.807, 2.05) is 0 Å². The number of carbonyl (C=O) groups is 2. The van der Waals surface area contributed by atoms with E-state index in [1.165, 1.54) is 13.0 Å². The van der Waals surface area contributed by atoms with Gasteiger partial charge in [0.15, 0.2) is 0 Å². The van der Waals surface area contributed by atoms with Gasteiger partial charge in [-0.25, -0.2) is 22.4 Å². The lowest BCUT2D eigenvalue weighted by molar-refractivity contribution is -0.140. The average molecular weight is 713 g/mol. The molecule has 0 saturated carbocycles. The number of carboxylic acid groups (broad SMARTS) is 1. The summed E-state index contributed by atoms with van der Waals surface area (Å²) in [6.45, 7) is 1.79. The zero-order chi connectivity index (χ0) is 36.9. The van der Waals surface area contributed by atoms with Gasteiger partial charge in [-0.3, -0.25) is 14.2 Å². The molecular formula is C35H39F7N4O4. The summed E-state index contributed by atoms with van der Waals surface area (Å²) in [5, 5.41) is 12.1. The number of carboxylic acids is 1. The van der Waals surface area contributed by atoms with Crippen LogP contribution in [0, 0.1) is 18.6 Å². The number of likely N-dealkylation sites (N-methyl/N-ethyl adjacent to an activating group) is 1. The first-order valence-electron chi connectivity index (χ1n) is 16.2. The molecule has 1 aliphatic rings. The first-order chi connectivity index (χ1) is 23.5. The molecule has 50 heavy (non-hydrogen) atoms. The van der Waals surface area contributed by atoms with Crippen molar-refractivity contribution < 1.29 is 45.4 Å². The molecule has 15 heteroatoms. The summed E-state index contributed by atoms with van der Waals surface area (Å²) in [4.78, 5) is 44.4. The fourth-order valence-electron chi connectivity index (χ4n) is 6.41. The van der Waals surface area contributed by atoms with Gasteiger partial charge in [0, 0.05) is 18.3 Å². The van der Waals surface area contributed by atoms with Crippen LogP contribution in [0.25, 0.3) is 11.1 Å². The standard InChI is InChI=1S/C35H39F7N4O4/c1-19-13-23(36)14-20-9-7-5-4-6-8-10-27(46-18-21(11-12-45(2)3)31(32(38)39)44-34(46)50)33(49)43-26(17-28(47)48)24-15-22(29(19)20)16-25(30(24)37)35(40,41)42/h13-16,18,26-27,32H,4-12,17H2,1-3H3,(H,43,49)(H,47,48)/t26-,27-/m0/s1. The molecule has 1 amide bonds. The minimum absolute atomic E-state index is 0.00522. The van der Waals surface area contributed by atoms with Crippen molar-refractivity contribution in [1.82, 2.24) is 19.8 Å². The van der Waals surface area contributed by atoms with E-state index in [2.05, 4.69) is 10.3 Å². The van der Waals surface area contributed by atoms with Crippen molar-refractivity contribution in [2.24, 2.45) is 0 Å². The molecule has 4 rings (SSSR count). The number of halogens is 7. The first kappa shape index (κ1) is 38.5. The van der Waals surface area contributed by atoms with E-state index in [9.17, 15) is 45.8 Å². The zero-order valence-corrected chi connectivity index (χ0v) is 27.8. The van der Waals surface area contributed by atoms with Crippen molar-refractivity contribution in [3.8, 4) is 11.1 Å². The van der Waals surface area contributed by atoms with Gasteiger partial charge in [0.2, 0.25) is 5.91 Å². The number of rotatable bonds is 7. The van der Waals surface area contributed by atoms with Crippen LogP contribution >= 0.6 is 0 Å². The molecule has 2 aromatic carbocycles. The van der Waals surface area contributed by atoms with E-state index in [4.69, 9.17) is 0 Å². The lowest BCUT2D eigenvalue weighted by atomic mass is 9.87. The van der Waals surface area contributed by atoms with E-state index in [0.29, 0.717) is 50.3 Å². The maximum Gasteiger partial charge on any atom is 0.419 e. The second-order valence-corrected chi connectivity index (χ2v) is 12.9. The molecule has 0 spiro atoms. The van der Waals surface area contributed by atoms with Gasteiger partial charge in [0.25, 0.3) is 6.43 Å². The van der Waals surface area contributed by atoms with E-state index in [0.717, 1.165) is 22.9 Å². The van der Waals surface area contributed by atoms with Crippen LogP contribution in [0.2, 0.25) is 0 Å². The molecule has 0 unspecified atom stereocenters. The van der Waals surface area contributed by atoms with Crippen LogP contribution in [0.3, 0.4) is 0 Å². The third-order valence-electron chi connectivity index (χ3n) is 8.81. The molecule has 2 atom stereocenters. The molecular weight excluding hydrogens is 673 g/mol. The van der Waals surface area contributed by atoms with Crippen LogP contribution in [0.5, 0.6) is 0 Å². The highest BCUT2D eigenvalue weighted by molar-refractivity contribution is 5.82. The van der Waals surface area contributed by atoms with E-state index >= 15 is 4.39 Å². The van der Waals surface area contributed by atoms with E-state index < -0.39 is 77.1 Å². The average Bonchev–Trinajstić information content (AvgIpc) is 3.00. The summed E-state index contributed by atoms with van der Waals surface area (Å²) in [6, 6.07) is 0.640. The monoisotopic (exact) mass is 712 g/mol. The van der Waals surface area contributed by atoms with Gasteiger partial charge in [0.1, 0.15) is 23.4 Å². The van der Waals surface area contributed by atoms with Crippen LogP contribution in [0.4, 0.5) is 30.7 Å². The van der Waals surface area contributed by atoms with Crippen LogP contribution in [-0.2, 0) is 28.6 Å². The number of alkyl halides is 5. The van der Waals surface area contributed by atoms with Gasteiger partial charge in [-0.2, -0.15) is 18.2 Å². The minimum atomic E-state index is -5.24. The molecule has 2 bridgehead atoms. The van der Waals surface area contributed by atoms with Gasteiger partial charge in [0.05, 0.1) is 18.0 Å². The van der Waals surface area contributed by atoms with Gasteiger partial charge >= 0.3 is 17.8 Å². The molecule has 0 fully saturated rings. The van der Waals surface area contributed by atoms with Crippen molar-refractivity contribution in [3.05, 3.63) is 86.1 Å². The van der Waals surface area contributed by atoms with Crippen molar-refractivity contribution in [3.63, 3.8) is 0 Å². The normalized spacial score (nSPS) is 17.9. The summed E-state index contributed by atoms with van der Waals surface area (Å²) in [5.41, 5.74) is -3.68. The van der Waals surface area contributed by atoms with Crippen LogP contribution in [-0.4, -0.2) is 52.1 Å². The van der Waals surface area contributed by atoms with Crippen molar-refractivity contribution in [2.75, 3.05) is 20.6 Å². The zero-order valence-electron chi connectivity index (χ0n) is 27.8. The lowest BCUT2D eigenvalue weighted by Gasteiger charge is -2.26. The third kappa shape index (κ3) is 9.29. The van der Waals surface area contributed by atoms with E-state index in [1.54, 1.807) is 19.0 Å². The predicted molar refractivity (Wildman–Crippen MR) is 171 cm³/mol. The molecule has 2 N–H and O–H groups in total. The smallest absolute Gasteiger partial charge is 0.419 e. The Kier molecular flexibility index (Phi) is 12.5. The Morgan fingerprint density at radius 1 is 1.06 bits per heavy atom. The second-order valence-electron chi connectivity index (χ2n) is 12.9. The molecule has 0 saturated heterocycles. The quantitative estimate of drug-likeness (QED) is 0.249. The number of benzene rings is 2.